The fourth-order valence-corrected chi connectivity index (χ4v) is 4.74. The number of sulfonamides is 1. The van der Waals surface area contributed by atoms with Gasteiger partial charge in [0.1, 0.15) is 6.04 Å². The van der Waals surface area contributed by atoms with Gasteiger partial charge in [-0.05, 0) is 65.3 Å². The van der Waals surface area contributed by atoms with Crippen LogP contribution in [0.3, 0.4) is 0 Å². The lowest BCUT2D eigenvalue weighted by Gasteiger charge is -2.34. The molecule has 1 aliphatic heterocycles. The molecular formula is C18H19IN2O3S. The number of carbonyl (C=O) groups is 1. The predicted molar refractivity (Wildman–Crippen MR) is 107 cm³/mol. The second kappa shape index (κ2) is 7.43. The van der Waals surface area contributed by atoms with E-state index in [2.05, 4.69) is 27.9 Å². The van der Waals surface area contributed by atoms with Gasteiger partial charge in [0.15, 0.2) is 0 Å². The zero-order valence-corrected chi connectivity index (χ0v) is 16.7. The van der Waals surface area contributed by atoms with Crippen molar-refractivity contribution in [2.75, 3.05) is 11.1 Å². The van der Waals surface area contributed by atoms with Gasteiger partial charge in [-0.25, -0.2) is 8.42 Å². The minimum absolute atomic E-state index is 0.0256. The van der Waals surface area contributed by atoms with Crippen molar-refractivity contribution in [3.63, 3.8) is 0 Å². The monoisotopic (exact) mass is 470 g/mol. The highest BCUT2D eigenvalue weighted by Gasteiger charge is 2.37. The van der Waals surface area contributed by atoms with Gasteiger partial charge in [0, 0.05) is 15.8 Å². The summed E-state index contributed by atoms with van der Waals surface area (Å²) in [5.41, 5.74) is 2.65. The third kappa shape index (κ3) is 4.04. The van der Waals surface area contributed by atoms with Crippen molar-refractivity contribution >= 4 is 44.2 Å². The van der Waals surface area contributed by atoms with Gasteiger partial charge in [-0.3, -0.25) is 4.79 Å². The highest BCUT2D eigenvalue weighted by atomic mass is 127. The van der Waals surface area contributed by atoms with Crippen LogP contribution in [-0.2, 0) is 27.8 Å². The zero-order chi connectivity index (χ0) is 18.0. The Balaban J connectivity index is 1.92. The molecule has 25 heavy (non-hydrogen) atoms. The first-order valence-corrected chi connectivity index (χ1v) is 10.7. The molecule has 0 aliphatic carbocycles. The van der Waals surface area contributed by atoms with Crippen molar-refractivity contribution in [3.8, 4) is 0 Å². The number of nitrogens with zero attached hydrogens (tertiary/aromatic N) is 1. The highest BCUT2D eigenvalue weighted by molar-refractivity contribution is 14.1. The van der Waals surface area contributed by atoms with Crippen molar-refractivity contribution in [3.05, 3.63) is 63.2 Å². The van der Waals surface area contributed by atoms with E-state index < -0.39 is 16.1 Å². The van der Waals surface area contributed by atoms with Crippen LogP contribution in [0.4, 0.5) is 5.69 Å². The Morgan fingerprint density at radius 2 is 1.92 bits per heavy atom. The molecule has 1 N–H and O–H groups in total. The normalized spacial score (nSPS) is 17.8. The Bertz CT molecular complexity index is 899. The van der Waals surface area contributed by atoms with Crippen molar-refractivity contribution in [1.82, 2.24) is 4.31 Å². The number of fused-ring (bicyclic) bond motifs is 1. The van der Waals surface area contributed by atoms with Crippen LogP contribution in [0.2, 0.25) is 0 Å². The maximum Gasteiger partial charge on any atom is 0.243 e. The van der Waals surface area contributed by atoms with E-state index in [0.717, 1.165) is 14.7 Å². The van der Waals surface area contributed by atoms with Gasteiger partial charge in [-0.2, -0.15) is 4.31 Å². The quantitative estimate of drug-likeness (QED) is 0.699. The van der Waals surface area contributed by atoms with E-state index in [1.807, 2.05) is 42.5 Å². The van der Waals surface area contributed by atoms with Gasteiger partial charge < -0.3 is 5.32 Å². The van der Waals surface area contributed by atoms with Crippen LogP contribution in [0, 0.1) is 3.57 Å². The fourth-order valence-electron chi connectivity index (χ4n) is 2.97. The Morgan fingerprint density at radius 1 is 1.20 bits per heavy atom. The van der Waals surface area contributed by atoms with Gasteiger partial charge in [-0.15, -0.1) is 0 Å². The van der Waals surface area contributed by atoms with Crippen molar-refractivity contribution in [2.24, 2.45) is 0 Å². The summed E-state index contributed by atoms with van der Waals surface area (Å²) in [6.45, 7) is 1.83. The Hall–Kier alpha value is -1.45. The van der Waals surface area contributed by atoms with E-state index in [1.54, 1.807) is 13.0 Å². The summed E-state index contributed by atoms with van der Waals surface area (Å²) in [4.78, 5) is 12.8. The SMILES string of the molecule is CCS(=O)(=O)N1Cc2ccccc2C[C@@H]1C(=O)Nc1cccc(I)c1. The van der Waals surface area contributed by atoms with Crippen LogP contribution >= 0.6 is 22.6 Å². The van der Waals surface area contributed by atoms with E-state index in [0.29, 0.717) is 12.1 Å². The number of hydrogen-bond acceptors (Lipinski definition) is 3. The van der Waals surface area contributed by atoms with E-state index in [1.165, 1.54) is 4.31 Å². The second-order valence-electron chi connectivity index (χ2n) is 5.93. The molecule has 0 bridgehead atoms. The molecule has 0 saturated heterocycles. The number of nitrogens with one attached hydrogen (secondary N) is 1. The minimum Gasteiger partial charge on any atom is -0.325 e. The summed E-state index contributed by atoms with van der Waals surface area (Å²) in [6.07, 6.45) is 0.380. The highest BCUT2D eigenvalue weighted by Crippen LogP contribution is 2.27. The molecule has 0 unspecified atom stereocenters. The molecule has 0 aromatic heterocycles. The molecule has 1 aliphatic rings. The molecule has 1 atom stereocenters. The number of anilines is 1. The lowest BCUT2D eigenvalue weighted by Crippen LogP contribution is -2.51. The van der Waals surface area contributed by atoms with Crippen LogP contribution in [0.25, 0.3) is 0 Å². The molecule has 2 aromatic rings. The molecule has 0 spiro atoms. The predicted octanol–water partition coefficient (Wildman–Crippen LogP) is 3.01. The number of benzene rings is 2. The van der Waals surface area contributed by atoms with Gasteiger partial charge >= 0.3 is 0 Å². The molecule has 7 heteroatoms. The minimum atomic E-state index is -3.49. The third-order valence-corrected chi connectivity index (χ3v) is 6.82. The maximum atomic E-state index is 12.8. The molecule has 132 valence electrons. The molecule has 2 aromatic carbocycles. The smallest absolute Gasteiger partial charge is 0.243 e. The van der Waals surface area contributed by atoms with Crippen LogP contribution in [0.5, 0.6) is 0 Å². The number of hydrogen-bond donors (Lipinski definition) is 1. The van der Waals surface area contributed by atoms with Crippen LogP contribution < -0.4 is 5.32 Å². The summed E-state index contributed by atoms with van der Waals surface area (Å²) in [5, 5.41) is 2.86. The standard InChI is InChI=1S/C18H19IN2O3S/c1-2-25(23,24)21-12-14-7-4-3-6-13(14)10-17(21)18(22)20-16-9-5-8-15(19)11-16/h3-9,11,17H,2,10,12H2,1H3,(H,20,22)/t17-/m1/s1. The summed E-state index contributed by atoms with van der Waals surface area (Å²) in [5.74, 6) is -0.323. The molecule has 0 fully saturated rings. The average molecular weight is 470 g/mol. The molecule has 3 rings (SSSR count). The summed E-state index contributed by atoms with van der Waals surface area (Å²) in [7, 11) is -3.49. The summed E-state index contributed by atoms with van der Waals surface area (Å²) < 4.78 is 27.4. The molecule has 0 radical (unpaired) electrons. The molecular weight excluding hydrogens is 451 g/mol. The first kappa shape index (κ1) is 18.3. The van der Waals surface area contributed by atoms with E-state index in [-0.39, 0.29) is 18.2 Å². The number of carbonyl (C=O) groups excluding carboxylic acids is 1. The second-order valence-corrected chi connectivity index (χ2v) is 9.39. The van der Waals surface area contributed by atoms with Crippen LogP contribution in [-0.4, -0.2) is 30.4 Å². The van der Waals surface area contributed by atoms with E-state index in [9.17, 15) is 13.2 Å². The first-order valence-electron chi connectivity index (χ1n) is 8.03. The van der Waals surface area contributed by atoms with Crippen LogP contribution in [0.1, 0.15) is 18.1 Å². The fraction of sp³-hybridized carbons (Fsp3) is 0.278. The Morgan fingerprint density at radius 3 is 2.60 bits per heavy atom. The van der Waals surface area contributed by atoms with Crippen molar-refractivity contribution in [1.29, 1.82) is 0 Å². The van der Waals surface area contributed by atoms with E-state index in [4.69, 9.17) is 0 Å². The summed E-state index contributed by atoms with van der Waals surface area (Å²) >= 11 is 2.17. The van der Waals surface area contributed by atoms with Gasteiger partial charge in [0.2, 0.25) is 15.9 Å². The van der Waals surface area contributed by atoms with E-state index >= 15 is 0 Å². The lowest BCUT2D eigenvalue weighted by atomic mass is 9.95. The third-order valence-electron chi connectivity index (χ3n) is 4.32. The topological polar surface area (TPSA) is 66.5 Å². The first-order chi connectivity index (χ1) is 11.9. The average Bonchev–Trinajstić information content (AvgIpc) is 2.60. The number of rotatable bonds is 4. The Kier molecular flexibility index (Phi) is 5.45. The molecule has 1 heterocycles. The zero-order valence-electron chi connectivity index (χ0n) is 13.8. The van der Waals surface area contributed by atoms with Crippen molar-refractivity contribution in [2.45, 2.75) is 25.9 Å². The number of halogens is 1. The van der Waals surface area contributed by atoms with Crippen molar-refractivity contribution < 1.29 is 13.2 Å². The molecule has 0 saturated carbocycles. The van der Waals surface area contributed by atoms with Gasteiger partial charge in [0.25, 0.3) is 0 Å². The van der Waals surface area contributed by atoms with Crippen LogP contribution in [0.15, 0.2) is 48.5 Å². The lowest BCUT2D eigenvalue weighted by molar-refractivity contribution is -0.120. The largest absolute Gasteiger partial charge is 0.325 e. The number of amides is 1. The maximum absolute atomic E-state index is 12.8. The van der Waals surface area contributed by atoms with Gasteiger partial charge in [-0.1, -0.05) is 30.3 Å². The Labute approximate surface area is 161 Å². The molecule has 1 amide bonds. The molecule has 5 nitrogen and oxygen atoms in total. The summed E-state index contributed by atoms with van der Waals surface area (Å²) in [6, 6.07) is 14.4. The van der Waals surface area contributed by atoms with Gasteiger partial charge in [0.05, 0.1) is 5.75 Å².